The summed E-state index contributed by atoms with van der Waals surface area (Å²) in [7, 11) is 3.11. The minimum absolute atomic E-state index is 0.0613. The van der Waals surface area contributed by atoms with E-state index in [9.17, 15) is 14.0 Å². The van der Waals surface area contributed by atoms with Gasteiger partial charge in [-0.05, 0) is 55.0 Å². The molecule has 0 aliphatic carbocycles. The van der Waals surface area contributed by atoms with E-state index in [1.54, 1.807) is 19.2 Å². The highest BCUT2D eigenvalue weighted by Crippen LogP contribution is 2.31. The van der Waals surface area contributed by atoms with Gasteiger partial charge in [0.2, 0.25) is 11.8 Å². The van der Waals surface area contributed by atoms with E-state index in [2.05, 4.69) is 10.6 Å². The van der Waals surface area contributed by atoms with E-state index in [1.165, 1.54) is 13.2 Å². The second kappa shape index (κ2) is 10.3. The molecule has 1 fully saturated rings. The maximum atomic E-state index is 14.5. The number of carbonyl (C=O) groups excluding carboxylic acids is 2. The van der Waals surface area contributed by atoms with Gasteiger partial charge >= 0.3 is 0 Å². The van der Waals surface area contributed by atoms with Gasteiger partial charge in [0.05, 0.1) is 14.2 Å². The Hall–Kier alpha value is -3.09. The summed E-state index contributed by atoms with van der Waals surface area (Å²) < 4.78 is 24.6. The minimum atomic E-state index is -0.611. The van der Waals surface area contributed by atoms with E-state index >= 15 is 0 Å². The molecule has 2 N–H and O–H groups in total. The molecule has 1 heterocycles. The third kappa shape index (κ3) is 6.20. The number of hydrogen-bond acceptors (Lipinski definition) is 4. The van der Waals surface area contributed by atoms with Gasteiger partial charge in [-0.1, -0.05) is 18.2 Å². The summed E-state index contributed by atoms with van der Waals surface area (Å²) in [5.41, 5.74) is 0.998. The lowest BCUT2D eigenvalue weighted by atomic mass is 9.84. The van der Waals surface area contributed by atoms with E-state index in [1.807, 2.05) is 24.3 Å². The van der Waals surface area contributed by atoms with E-state index in [-0.39, 0.29) is 24.1 Å². The first-order valence-electron chi connectivity index (χ1n) is 10.5. The molecule has 0 unspecified atom stereocenters. The molecule has 1 aliphatic rings. The van der Waals surface area contributed by atoms with Crippen LogP contribution in [0, 0.1) is 5.82 Å². The van der Waals surface area contributed by atoms with E-state index in [0.717, 1.165) is 11.3 Å². The number of halogens is 1. The Labute approximate surface area is 182 Å². The molecule has 1 atom stereocenters. The quantitative estimate of drug-likeness (QED) is 0.610. The molecule has 7 heteroatoms. The van der Waals surface area contributed by atoms with E-state index in [0.29, 0.717) is 50.0 Å². The zero-order valence-electron chi connectivity index (χ0n) is 18.0. The van der Waals surface area contributed by atoms with Crippen LogP contribution in [0.5, 0.6) is 11.5 Å². The van der Waals surface area contributed by atoms with Crippen molar-refractivity contribution in [2.45, 2.75) is 44.1 Å². The van der Waals surface area contributed by atoms with Gasteiger partial charge in [-0.25, -0.2) is 4.39 Å². The molecule has 0 aromatic heterocycles. The molecule has 31 heavy (non-hydrogen) atoms. The van der Waals surface area contributed by atoms with Gasteiger partial charge in [-0.3, -0.25) is 9.59 Å². The van der Waals surface area contributed by atoms with Crippen LogP contribution >= 0.6 is 0 Å². The fraction of sp³-hybridized carbons (Fsp3) is 0.417. The molecular weight excluding hydrogens is 399 g/mol. The Morgan fingerprint density at radius 3 is 2.45 bits per heavy atom. The minimum Gasteiger partial charge on any atom is -0.497 e. The summed E-state index contributed by atoms with van der Waals surface area (Å²) >= 11 is 0. The highest BCUT2D eigenvalue weighted by Gasteiger charge is 2.38. The summed E-state index contributed by atoms with van der Waals surface area (Å²) in [5.74, 6) is 0.730. The molecule has 0 saturated carbocycles. The zero-order chi connectivity index (χ0) is 22.3. The monoisotopic (exact) mass is 428 g/mol. The van der Waals surface area contributed by atoms with Gasteiger partial charge in [-0.15, -0.1) is 0 Å². The van der Waals surface area contributed by atoms with Crippen LogP contribution in [0.25, 0.3) is 0 Å². The van der Waals surface area contributed by atoms with Crippen LogP contribution in [-0.2, 0) is 22.4 Å². The van der Waals surface area contributed by atoms with Gasteiger partial charge in [0.15, 0.2) is 0 Å². The van der Waals surface area contributed by atoms with Crippen molar-refractivity contribution in [2.75, 3.05) is 20.8 Å². The largest absolute Gasteiger partial charge is 0.497 e. The van der Waals surface area contributed by atoms with Crippen molar-refractivity contribution in [3.8, 4) is 11.5 Å². The van der Waals surface area contributed by atoms with Crippen molar-refractivity contribution in [1.29, 1.82) is 0 Å². The van der Waals surface area contributed by atoms with Crippen LogP contribution in [0.3, 0.4) is 0 Å². The molecule has 6 nitrogen and oxygen atoms in total. The molecule has 1 aliphatic heterocycles. The Morgan fingerprint density at radius 2 is 1.84 bits per heavy atom. The standard InChI is InChI=1S/C24H29FN2O4/c1-30-19-6-3-17(4-7-19)11-14-26-22(28)9-12-24(13-10-23(29)27-24)16-18-5-8-20(31-2)15-21(18)25/h3-8,15H,9-14,16H2,1-2H3,(H,26,28)(H,27,29)/t24-/m0/s1. The first-order chi connectivity index (χ1) is 14.9. The number of ether oxygens (including phenoxy) is 2. The summed E-state index contributed by atoms with van der Waals surface area (Å²) in [6.07, 6.45) is 2.74. The Balaban J connectivity index is 1.53. The topological polar surface area (TPSA) is 76.7 Å². The van der Waals surface area contributed by atoms with E-state index < -0.39 is 5.54 Å². The van der Waals surface area contributed by atoms with Crippen molar-refractivity contribution >= 4 is 11.8 Å². The van der Waals surface area contributed by atoms with Gasteiger partial charge in [0.25, 0.3) is 0 Å². The molecule has 0 spiro atoms. The van der Waals surface area contributed by atoms with Gasteiger partial charge in [0.1, 0.15) is 17.3 Å². The molecule has 1 saturated heterocycles. The molecule has 2 aromatic rings. The van der Waals surface area contributed by atoms with Crippen molar-refractivity contribution in [3.05, 3.63) is 59.4 Å². The fourth-order valence-electron chi connectivity index (χ4n) is 3.92. The number of amides is 2. The van der Waals surface area contributed by atoms with Crippen molar-refractivity contribution in [3.63, 3.8) is 0 Å². The highest BCUT2D eigenvalue weighted by molar-refractivity contribution is 5.80. The lowest BCUT2D eigenvalue weighted by molar-refractivity contribution is -0.122. The summed E-state index contributed by atoms with van der Waals surface area (Å²) in [6, 6.07) is 12.4. The second-order valence-corrected chi connectivity index (χ2v) is 7.91. The predicted molar refractivity (Wildman–Crippen MR) is 116 cm³/mol. The number of methoxy groups -OCH3 is 2. The van der Waals surface area contributed by atoms with Gasteiger partial charge in [0, 0.05) is 31.0 Å². The van der Waals surface area contributed by atoms with Crippen LogP contribution in [0.1, 0.15) is 36.8 Å². The number of hydrogen-bond donors (Lipinski definition) is 2. The Morgan fingerprint density at radius 1 is 1.13 bits per heavy atom. The van der Waals surface area contributed by atoms with Crippen LogP contribution in [0.15, 0.2) is 42.5 Å². The SMILES string of the molecule is COc1ccc(CCNC(=O)CC[C@@]2(Cc3ccc(OC)cc3F)CCC(=O)N2)cc1. The van der Waals surface area contributed by atoms with Gasteiger partial charge < -0.3 is 20.1 Å². The molecule has 2 amide bonds. The molecule has 2 aromatic carbocycles. The van der Waals surface area contributed by atoms with Crippen molar-refractivity contribution in [2.24, 2.45) is 0 Å². The average molecular weight is 429 g/mol. The van der Waals surface area contributed by atoms with Crippen molar-refractivity contribution < 1.29 is 23.5 Å². The number of benzene rings is 2. The molecule has 0 radical (unpaired) electrons. The Bertz CT molecular complexity index is 916. The maximum absolute atomic E-state index is 14.5. The fourth-order valence-corrected chi connectivity index (χ4v) is 3.92. The van der Waals surface area contributed by atoms with Crippen molar-refractivity contribution in [1.82, 2.24) is 10.6 Å². The van der Waals surface area contributed by atoms with Crippen LogP contribution in [-0.4, -0.2) is 38.1 Å². The van der Waals surface area contributed by atoms with Crippen LogP contribution in [0.4, 0.5) is 4.39 Å². The number of nitrogens with one attached hydrogen (secondary N) is 2. The lowest BCUT2D eigenvalue weighted by Gasteiger charge is -2.29. The van der Waals surface area contributed by atoms with Crippen LogP contribution in [0.2, 0.25) is 0 Å². The van der Waals surface area contributed by atoms with Crippen LogP contribution < -0.4 is 20.1 Å². The summed E-state index contributed by atoms with van der Waals surface area (Å²) in [6.45, 7) is 0.525. The van der Waals surface area contributed by atoms with E-state index in [4.69, 9.17) is 9.47 Å². The second-order valence-electron chi connectivity index (χ2n) is 7.91. The number of carbonyl (C=O) groups is 2. The number of rotatable bonds is 10. The average Bonchev–Trinajstić information content (AvgIpc) is 3.15. The predicted octanol–water partition coefficient (Wildman–Crippen LogP) is 3.17. The van der Waals surface area contributed by atoms with Gasteiger partial charge in [-0.2, -0.15) is 0 Å². The molecule has 166 valence electrons. The lowest BCUT2D eigenvalue weighted by Crippen LogP contribution is -2.44. The summed E-state index contributed by atoms with van der Waals surface area (Å²) in [5, 5.41) is 5.92. The molecule has 0 bridgehead atoms. The highest BCUT2D eigenvalue weighted by atomic mass is 19.1. The third-order valence-electron chi connectivity index (χ3n) is 5.75. The maximum Gasteiger partial charge on any atom is 0.220 e. The molecular formula is C24H29FN2O4. The summed E-state index contributed by atoms with van der Waals surface area (Å²) in [4.78, 5) is 24.3. The molecule has 3 rings (SSSR count). The Kier molecular flexibility index (Phi) is 7.50. The first-order valence-corrected chi connectivity index (χ1v) is 10.5. The zero-order valence-corrected chi connectivity index (χ0v) is 18.0. The normalized spacial score (nSPS) is 17.8. The smallest absolute Gasteiger partial charge is 0.220 e. The third-order valence-corrected chi connectivity index (χ3v) is 5.75. The first kappa shape index (κ1) is 22.6.